The molecule has 0 aliphatic carbocycles. The van der Waals surface area contributed by atoms with Crippen molar-refractivity contribution < 1.29 is 0 Å². The molecule has 0 bridgehead atoms. The summed E-state index contributed by atoms with van der Waals surface area (Å²) in [5, 5.41) is 9.78. The normalized spacial score (nSPS) is 10.5. The molecule has 0 spiro atoms. The first kappa shape index (κ1) is 9.70. The summed E-state index contributed by atoms with van der Waals surface area (Å²) in [6, 6.07) is 0. The molecule has 0 atom stereocenters. The van der Waals surface area contributed by atoms with E-state index in [1.807, 2.05) is 6.20 Å². The predicted molar refractivity (Wildman–Crippen MR) is 56.9 cm³/mol. The van der Waals surface area contributed by atoms with Crippen LogP contribution in [-0.4, -0.2) is 31.3 Å². The van der Waals surface area contributed by atoms with Gasteiger partial charge in [-0.1, -0.05) is 13.3 Å². The van der Waals surface area contributed by atoms with Crippen LogP contribution in [0.2, 0.25) is 0 Å². The fraction of sp³-hybridized carbons (Fsp3) is 0.444. The molecule has 15 heavy (non-hydrogen) atoms. The molecule has 2 aromatic heterocycles. The summed E-state index contributed by atoms with van der Waals surface area (Å²) in [4.78, 5) is 8.23. The highest BCUT2D eigenvalue weighted by Crippen LogP contribution is 2.06. The van der Waals surface area contributed by atoms with Gasteiger partial charge in [0.05, 0.1) is 6.20 Å². The van der Waals surface area contributed by atoms with Crippen molar-refractivity contribution in [2.75, 3.05) is 11.9 Å². The van der Waals surface area contributed by atoms with E-state index in [2.05, 4.69) is 32.4 Å². The number of unbranched alkanes of at least 4 members (excludes halogenated alkanes) is 1. The van der Waals surface area contributed by atoms with E-state index in [9.17, 15) is 0 Å². The lowest BCUT2D eigenvalue weighted by Gasteiger charge is -1.99. The first-order chi connectivity index (χ1) is 7.40. The standard InChI is InChI=1S/C9H14N6/c1-2-3-4-10-8-5-15(7-12-8)9-11-6-13-14-9/h5-7,10H,2-4H2,1H3,(H,11,13,14). The number of H-pyrrole nitrogens is 1. The largest absolute Gasteiger partial charge is 0.369 e. The maximum Gasteiger partial charge on any atom is 0.230 e. The Morgan fingerprint density at radius 3 is 3.13 bits per heavy atom. The highest BCUT2D eigenvalue weighted by atomic mass is 15.3. The number of hydrogen-bond donors (Lipinski definition) is 2. The summed E-state index contributed by atoms with van der Waals surface area (Å²) in [6.07, 6.45) is 7.38. The minimum atomic E-state index is 0.672. The Kier molecular flexibility index (Phi) is 2.96. The summed E-state index contributed by atoms with van der Waals surface area (Å²) in [5.41, 5.74) is 0. The Morgan fingerprint density at radius 2 is 2.40 bits per heavy atom. The third-order valence-corrected chi connectivity index (χ3v) is 2.07. The van der Waals surface area contributed by atoms with Crippen LogP contribution in [0.25, 0.3) is 5.95 Å². The molecule has 80 valence electrons. The van der Waals surface area contributed by atoms with Gasteiger partial charge in [-0.25, -0.2) is 10.1 Å². The van der Waals surface area contributed by atoms with Gasteiger partial charge in [0.2, 0.25) is 5.95 Å². The van der Waals surface area contributed by atoms with E-state index in [4.69, 9.17) is 0 Å². The summed E-state index contributed by atoms with van der Waals surface area (Å²) >= 11 is 0. The highest BCUT2D eigenvalue weighted by molar-refractivity contribution is 5.33. The molecule has 0 saturated carbocycles. The van der Waals surface area contributed by atoms with E-state index in [1.54, 1.807) is 10.9 Å². The third kappa shape index (κ3) is 2.34. The predicted octanol–water partition coefficient (Wildman–Crippen LogP) is 1.20. The van der Waals surface area contributed by atoms with E-state index in [1.165, 1.54) is 12.7 Å². The van der Waals surface area contributed by atoms with Gasteiger partial charge in [-0.3, -0.25) is 4.57 Å². The van der Waals surface area contributed by atoms with Crippen LogP contribution in [0.4, 0.5) is 5.82 Å². The molecule has 0 aliphatic rings. The zero-order chi connectivity index (χ0) is 10.5. The quantitative estimate of drug-likeness (QED) is 0.721. The molecule has 6 nitrogen and oxygen atoms in total. The molecule has 6 heteroatoms. The van der Waals surface area contributed by atoms with E-state index < -0.39 is 0 Å². The molecule has 2 N–H and O–H groups in total. The van der Waals surface area contributed by atoms with Crippen LogP contribution in [0.3, 0.4) is 0 Å². The summed E-state index contributed by atoms with van der Waals surface area (Å²) in [6.45, 7) is 3.11. The third-order valence-electron chi connectivity index (χ3n) is 2.07. The van der Waals surface area contributed by atoms with Gasteiger partial charge in [0.1, 0.15) is 18.5 Å². The van der Waals surface area contributed by atoms with E-state index in [0.29, 0.717) is 5.95 Å². The Hall–Kier alpha value is -1.85. The van der Waals surface area contributed by atoms with Crippen molar-refractivity contribution in [2.45, 2.75) is 19.8 Å². The number of anilines is 1. The molecule has 0 fully saturated rings. The van der Waals surface area contributed by atoms with Crippen LogP contribution >= 0.6 is 0 Å². The van der Waals surface area contributed by atoms with Gasteiger partial charge in [0.15, 0.2) is 0 Å². The fourth-order valence-corrected chi connectivity index (χ4v) is 1.25. The minimum Gasteiger partial charge on any atom is -0.369 e. The van der Waals surface area contributed by atoms with Crippen molar-refractivity contribution in [3.05, 3.63) is 18.9 Å². The van der Waals surface area contributed by atoms with Crippen LogP contribution in [0.5, 0.6) is 0 Å². The first-order valence-electron chi connectivity index (χ1n) is 5.03. The molecule has 2 rings (SSSR count). The number of hydrogen-bond acceptors (Lipinski definition) is 4. The Balaban J connectivity index is 1.98. The number of nitrogens with one attached hydrogen (secondary N) is 2. The number of rotatable bonds is 5. The first-order valence-corrected chi connectivity index (χ1v) is 5.03. The van der Waals surface area contributed by atoms with Crippen molar-refractivity contribution in [3.8, 4) is 5.95 Å². The monoisotopic (exact) mass is 206 g/mol. The Morgan fingerprint density at radius 1 is 1.47 bits per heavy atom. The van der Waals surface area contributed by atoms with E-state index >= 15 is 0 Å². The second-order valence-corrected chi connectivity index (χ2v) is 3.26. The van der Waals surface area contributed by atoms with Crippen molar-refractivity contribution in [3.63, 3.8) is 0 Å². The molecule has 0 aliphatic heterocycles. The molecule has 0 amide bonds. The van der Waals surface area contributed by atoms with Crippen molar-refractivity contribution in [1.29, 1.82) is 0 Å². The minimum absolute atomic E-state index is 0.672. The van der Waals surface area contributed by atoms with Gasteiger partial charge in [0.25, 0.3) is 0 Å². The van der Waals surface area contributed by atoms with Crippen LogP contribution < -0.4 is 5.32 Å². The molecule has 2 aromatic rings. The highest BCUT2D eigenvalue weighted by Gasteiger charge is 2.01. The lowest BCUT2D eigenvalue weighted by atomic mass is 10.3. The van der Waals surface area contributed by atoms with Crippen molar-refractivity contribution in [1.82, 2.24) is 24.7 Å². The van der Waals surface area contributed by atoms with Crippen LogP contribution in [0.15, 0.2) is 18.9 Å². The molecular weight excluding hydrogens is 192 g/mol. The van der Waals surface area contributed by atoms with Gasteiger partial charge in [-0.05, 0) is 6.42 Å². The smallest absolute Gasteiger partial charge is 0.230 e. The SMILES string of the molecule is CCCCNc1cn(-c2ncn[nH]2)cn1. The summed E-state index contributed by atoms with van der Waals surface area (Å²) in [5.74, 6) is 1.53. The molecule has 0 radical (unpaired) electrons. The second kappa shape index (κ2) is 4.59. The maximum atomic E-state index is 4.21. The van der Waals surface area contributed by atoms with Crippen LogP contribution in [-0.2, 0) is 0 Å². The van der Waals surface area contributed by atoms with Crippen LogP contribution in [0.1, 0.15) is 19.8 Å². The Bertz CT molecular complexity index is 390. The lowest BCUT2D eigenvalue weighted by molar-refractivity contribution is 0.832. The zero-order valence-corrected chi connectivity index (χ0v) is 8.64. The zero-order valence-electron chi connectivity index (χ0n) is 8.64. The van der Waals surface area contributed by atoms with Gasteiger partial charge in [-0.15, -0.1) is 0 Å². The van der Waals surface area contributed by atoms with E-state index in [-0.39, 0.29) is 0 Å². The average molecular weight is 206 g/mol. The van der Waals surface area contributed by atoms with Gasteiger partial charge in [0, 0.05) is 6.54 Å². The van der Waals surface area contributed by atoms with Crippen molar-refractivity contribution >= 4 is 5.82 Å². The molecule has 2 heterocycles. The topological polar surface area (TPSA) is 71.4 Å². The maximum absolute atomic E-state index is 4.21. The molecule has 0 aromatic carbocycles. The van der Waals surface area contributed by atoms with E-state index in [0.717, 1.165) is 18.8 Å². The fourth-order valence-electron chi connectivity index (χ4n) is 1.25. The second-order valence-electron chi connectivity index (χ2n) is 3.26. The van der Waals surface area contributed by atoms with Gasteiger partial charge >= 0.3 is 0 Å². The number of nitrogens with zero attached hydrogens (tertiary/aromatic N) is 4. The van der Waals surface area contributed by atoms with Gasteiger partial charge < -0.3 is 5.32 Å². The molecular formula is C9H14N6. The molecule has 0 unspecified atom stereocenters. The van der Waals surface area contributed by atoms with Crippen molar-refractivity contribution in [2.24, 2.45) is 0 Å². The number of aromatic nitrogens is 5. The number of imidazole rings is 1. The lowest BCUT2D eigenvalue weighted by Crippen LogP contribution is -2.00. The number of aromatic amines is 1. The van der Waals surface area contributed by atoms with Gasteiger partial charge in [-0.2, -0.15) is 10.1 Å². The van der Waals surface area contributed by atoms with Crippen LogP contribution in [0, 0.1) is 0 Å². The average Bonchev–Trinajstić information content (AvgIpc) is 2.87. The summed E-state index contributed by atoms with van der Waals surface area (Å²) in [7, 11) is 0. The summed E-state index contributed by atoms with van der Waals surface area (Å²) < 4.78 is 1.79. The Labute approximate surface area is 87.8 Å². The molecule has 0 saturated heterocycles.